The van der Waals surface area contributed by atoms with Gasteiger partial charge in [0.15, 0.2) is 0 Å². The van der Waals surface area contributed by atoms with Crippen molar-refractivity contribution in [3.8, 4) is 0 Å². The van der Waals surface area contributed by atoms with E-state index in [-0.39, 0.29) is 6.10 Å². The monoisotopic (exact) mass is 221 g/mol. The molecule has 0 saturated carbocycles. The fourth-order valence-electron chi connectivity index (χ4n) is 1.74. The molecule has 0 amide bonds. The Kier molecular flexibility index (Phi) is 5.33. The molecule has 2 heteroatoms. The van der Waals surface area contributed by atoms with Crippen LogP contribution < -0.4 is 4.90 Å². The Balaban J connectivity index is 2.52. The minimum absolute atomic E-state index is 0.376. The zero-order valence-electron chi connectivity index (χ0n) is 10.6. The molecule has 1 N–H and O–H groups in total. The summed E-state index contributed by atoms with van der Waals surface area (Å²) in [5.74, 6) is 0. The number of unbranched alkanes of at least 4 members (excludes halogenated alkanes) is 2. The lowest BCUT2D eigenvalue weighted by Crippen LogP contribution is -2.18. The smallest absolute Gasteiger partial charge is 0.0761 e. The highest BCUT2D eigenvalue weighted by atomic mass is 16.3. The van der Waals surface area contributed by atoms with E-state index in [9.17, 15) is 5.11 Å². The van der Waals surface area contributed by atoms with E-state index < -0.39 is 0 Å². The van der Waals surface area contributed by atoms with Gasteiger partial charge in [-0.25, -0.2) is 0 Å². The lowest BCUT2D eigenvalue weighted by atomic mass is 10.1. The summed E-state index contributed by atoms with van der Waals surface area (Å²) in [4.78, 5) is 2.27. The number of aliphatic hydroxyl groups is 1. The van der Waals surface area contributed by atoms with Gasteiger partial charge in [-0.2, -0.15) is 0 Å². The maximum absolute atomic E-state index is 9.41. The first-order chi connectivity index (χ1) is 7.65. The summed E-state index contributed by atoms with van der Waals surface area (Å²) in [6.45, 7) is 5.11. The molecule has 0 heterocycles. The molecule has 16 heavy (non-hydrogen) atoms. The van der Waals surface area contributed by atoms with Crippen LogP contribution in [-0.4, -0.2) is 18.7 Å². The van der Waals surface area contributed by atoms with Crippen molar-refractivity contribution in [2.45, 2.75) is 39.2 Å². The van der Waals surface area contributed by atoms with Gasteiger partial charge in [0.1, 0.15) is 0 Å². The van der Waals surface area contributed by atoms with Gasteiger partial charge in [0.05, 0.1) is 6.10 Å². The van der Waals surface area contributed by atoms with Gasteiger partial charge in [-0.3, -0.25) is 0 Å². The van der Waals surface area contributed by atoms with Crippen LogP contribution in [0.4, 0.5) is 5.69 Å². The van der Waals surface area contributed by atoms with Crippen molar-refractivity contribution >= 4 is 5.69 Å². The molecule has 0 aliphatic rings. The van der Waals surface area contributed by atoms with Crippen molar-refractivity contribution in [2.24, 2.45) is 0 Å². The average Bonchev–Trinajstić information content (AvgIpc) is 2.29. The molecule has 0 bridgehead atoms. The van der Waals surface area contributed by atoms with Gasteiger partial charge in [0.2, 0.25) is 0 Å². The van der Waals surface area contributed by atoms with Crippen LogP contribution in [0.25, 0.3) is 0 Å². The van der Waals surface area contributed by atoms with E-state index in [0.717, 1.165) is 12.1 Å². The minimum Gasteiger partial charge on any atom is -0.389 e. The summed E-state index contributed by atoms with van der Waals surface area (Å²) in [5, 5.41) is 9.41. The number of hydrogen-bond acceptors (Lipinski definition) is 2. The van der Waals surface area contributed by atoms with E-state index in [0.29, 0.717) is 0 Å². The second kappa shape index (κ2) is 6.54. The molecule has 2 nitrogen and oxygen atoms in total. The maximum atomic E-state index is 9.41. The molecule has 0 saturated heterocycles. The molecule has 0 aliphatic carbocycles. The first-order valence-corrected chi connectivity index (χ1v) is 6.14. The molecule has 1 aromatic rings. The lowest BCUT2D eigenvalue weighted by Gasteiger charge is -2.19. The van der Waals surface area contributed by atoms with Crippen LogP contribution in [0.1, 0.15) is 44.8 Å². The molecular weight excluding hydrogens is 198 g/mol. The van der Waals surface area contributed by atoms with Crippen molar-refractivity contribution in [1.82, 2.24) is 0 Å². The van der Waals surface area contributed by atoms with Crippen LogP contribution in [0.15, 0.2) is 24.3 Å². The number of benzene rings is 1. The van der Waals surface area contributed by atoms with Gasteiger partial charge in [-0.05, 0) is 31.0 Å². The van der Waals surface area contributed by atoms with E-state index >= 15 is 0 Å². The molecule has 0 aromatic heterocycles. The normalized spacial score (nSPS) is 12.5. The number of hydrogen-bond donors (Lipinski definition) is 1. The predicted octanol–water partition coefficient (Wildman–Crippen LogP) is 3.37. The third-order valence-corrected chi connectivity index (χ3v) is 2.91. The predicted molar refractivity (Wildman–Crippen MR) is 69.9 cm³/mol. The van der Waals surface area contributed by atoms with E-state index in [2.05, 4.69) is 31.0 Å². The van der Waals surface area contributed by atoms with E-state index in [1.54, 1.807) is 6.92 Å². The highest BCUT2D eigenvalue weighted by Gasteiger charge is 2.03. The average molecular weight is 221 g/mol. The first kappa shape index (κ1) is 13.0. The minimum atomic E-state index is -0.376. The van der Waals surface area contributed by atoms with Gasteiger partial charge in [-0.1, -0.05) is 31.9 Å². The van der Waals surface area contributed by atoms with Gasteiger partial charge in [0, 0.05) is 19.3 Å². The Labute approximate surface area is 98.9 Å². The highest BCUT2D eigenvalue weighted by Crippen LogP contribution is 2.18. The summed E-state index contributed by atoms with van der Waals surface area (Å²) in [6, 6.07) is 8.15. The Hall–Kier alpha value is -1.02. The van der Waals surface area contributed by atoms with Crippen molar-refractivity contribution in [2.75, 3.05) is 18.5 Å². The van der Waals surface area contributed by atoms with Crippen molar-refractivity contribution in [3.05, 3.63) is 29.8 Å². The number of aliphatic hydroxyl groups excluding tert-OH is 1. The number of rotatable bonds is 6. The molecule has 90 valence electrons. The van der Waals surface area contributed by atoms with Gasteiger partial charge in [-0.15, -0.1) is 0 Å². The van der Waals surface area contributed by atoms with Gasteiger partial charge < -0.3 is 10.0 Å². The fourth-order valence-corrected chi connectivity index (χ4v) is 1.74. The van der Waals surface area contributed by atoms with E-state index in [1.807, 2.05) is 12.1 Å². The first-order valence-electron chi connectivity index (χ1n) is 6.14. The summed E-state index contributed by atoms with van der Waals surface area (Å²) >= 11 is 0. The van der Waals surface area contributed by atoms with E-state index in [4.69, 9.17) is 0 Å². The van der Waals surface area contributed by atoms with Gasteiger partial charge >= 0.3 is 0 Å². The van der Waals surface area contributed by atoms with Gasteiger partial charge in [0.25, 0.3) is 0 Å². The van der Waals surface area contributed by atoms with Crippen LogP contribution in [0.5, 0.6) is 0 Å². The molecule has 0 spiro atoms. The Morgan fingerprint density at radius 1 is 1.19 bits per heavy atom. The van der Waals surface area contributed by atoms with Crippen LogP contribution >= 0.6 is 0 Å². The van der Waals surface area contributed by atoms with Crippen molar-refractivity contribution in [1.29, 1.82) is 0 Å². The van der Waals surface area contributed by atoms with E-state index in [1.165, 1.54) is 24.9 Å². The van der Waals surface area contributed by atoms with Crippen LogP contribution in [0.2, 0.25) is 0 Å². The van der Waals surface area contributed by atoms with Crippen molar-refractivity contribution < 1.29 is 5.11 Å². The molecule has 0 aliphatic heterocycles. The second-order valence-electron chi connectivity index (χ2n) is 4.40. The largest absolute Gasteiger partial charge is 0.389 e. The van der Waals surface area contributed by atoms with Crippen LogP contribution in [-0.2, 0) is 0 Å². The third kappa shape index (κ3) is 3.86. The zero-order chi connectivity index (χ0) is 12.0. The summed E-state index contributed by atoms with van der Waals surface area (Å²) < 4.78 is 0. The maximum Gasteiger partial charge on any atom is 0.0761 e. The molecule has 0 fully saturated rings. The zero-order valence-corrected chi connectivity index (χ0v) is 10.6. The second-order valence-corrected chi connectivity index (χ2v) is 4.40. The quantitative estimate of drug-likeness (QED) is 0.744. The van der Waals surface area contributed by atoms with Crippen LogP contribution in [0, 0.1) is 0 Å². The SMILES string of the molecule is CCCCCN(C)c1ccc([C@H](C)O)cc1. The molecular formula is C14H23NO. The fraction of sp³-hybridized carbons (Fsp3) is 0.571. The molecule has 0 unspecified atom stereocenters. The van der Waals surface area contributed by atoms with Crippen molar-refractivity contribution in [3.63, 3.8) is 0 Å². The topological polar surface area (TPSA) is 23.5 Å². The summed E-state index contributed by atoms with van der Waals surface area (Å²) in [6.07, 6.45) is 3.41. The molecule has 1 rings (SSSR count). The highest BCUT2D eigenvalue weighted by molar-refractivity contribution is 5.47. The van der Waals surface area contributed by atoms with Crippen LogP contribution in [0.3, 0.4) is 0 Å². The summed E-state index contributed by atoms with van der Waals surface area (Å²) in [7, 11) is 2.12. The summed E-state index contributed by atoms with van der Waals surface area (Å²) in [5.41, 5.74) is 2.20. The molecule has 1 atom stereocenters. The standard InChI is InChI=1S/C14H23NO/c1-4-5-6-11-15(3)14-9-7-13(8-10-14)12(2)16/h7-10,12,16H,4-6,11H2,1-3H3/t12-/m0/s1. The molecule has 1 aromatic carbocycles. The molecule has 0 radical (unpaired) electrons. The number of nitrogens with zero attached hydrogens (tertiary/aromatic N) is 1. The Morgan fingerprint density at radius 2 is 1.81 bits per heavy atom. The Bertz CT molecular complexity index is 292. The third-order valence-electron chi connectivity index (χ3n) is 2.91. The lowest BCUT2D eigenvalue weighted by molar-refractivity contribution is 0.199. The Morgan fingerprint density at radius 3 is 2.31 bits per heavy atom. The number of anilines is 1.